The molecule has 6 rings (SSSR count). The molecule has 4 aliphatic rings. The van der Waals surface area contributed by atoms with Crippen molar-refractivity contribution in [3.05, 3.63) is 43.3 Å². The Morgan fingerprint density at radius 1 is 0.639 bits per heavy atom. The van der Waals surface area contributed by atoms with Crippen LogP contribution >= 0.6 is 31.9 Å². The van der Waals surface area contributed by atoms with Crippen molar-refractivity contribution in [2.24, 2.45) is 11.8 Å². The summed E-state index contributed by atoms with van der Waals surface area (Å²) in [6.45, 7) is 3.08. The van der Waals surface area contributed by atoms with Crippen LogP contribution in [0.3, 0.4) is 0 Å². The van der Waals surface area contributed by atoms with E-state index < -0.39 is 23.6 Å². The fourth-order valence-corrected chi connectivity index (χ4v) is 6.97. The number of amides is 4. The first-order valence-electron chi connectivity index (χ1n) is 12.2. The van der Waals surface area contributed by atoms with E-state index in [9.17, 15) is 19.2 Å². The summed E-state index contributed by atoms with van der Waals surface area (Å²) < 4.78 is 11.7. The summed E-state index contributed by atoms with van der Waals surface area (Å²) in [6.07, 6.45) is 3.14. The Balaban J connectivity index is 1.46. The lowest BCUT2D eigenvalue weighted by Gasteiger charge is -2.36. The molecular formula is C26H24Br2N2O6. The Labute approximate surface area is 224 Å². The maximum Gasteiger partial charge on any atom is 0.262 e. The molecule has 0 saturated carbocycles. The van der Waals surface area contributed by atoms with E-state index in [0.717, 1.165) is 25.7 Å². The van der Waals surface area contributed by atoms with Crippen molar-refractivity contribution in [1.82, 2.24) is 9.80 Å². The molecule has 0 aromatic heterocycles. The number of hydrogen-bond donors (Lipinski definition) is 0. The van der Waals surface area contributed by atoms with Crippen molar-refractivity contribution in [3.8, 4) is 0 Å². The van der Waals surface area contributed by atoms with Gasteiger partial charge in [-0.25, -0.2) is 0 Å². The van der Waals surface area contributed by atoms with Crippen molar-refractivity contribution in [1.29, 1.82) is 0 Å². The fraction of sp³-hybridized carbons (Fsp3) is 0.462. The van der Waals surface area contributed by atoms with Gasteiger partial charge in [-0.3, -0.25) is 29.0 Å². The minimum absolute atomic E-state index is 0.172. The first-order chi connectivity index (χ1) is 17.4. The van der Waals surface area contributed by atoms with Gasteiger partial charge >= 0.3 is 0 Å². The van der Waals surface area contributed by atoms with Crippen molar-refractivity contribution < 1.29 is 28.7 Å². The molecule has 2 saturated heterocycles. The summed E-state index contributed by atoms with van der Waals surface area (Å²) in [5.74, 6) is -1.28. The Kier molecular flexibility index (Phi) is 6.26. The molecule has 0 aliphatic carbocycles. The number of rotatable bonds is 4. The Morgan fingerprint density at radius 2 is 1.00 bits per heavy atom. The summed E-state index contributed by atoms with van der Waals surface area (Å²) in [4.78, 5) is 57.1. The average Bonchev–Trinajstić information content (AvgIpc) is 2.88. The van der Waals surface area contributed by atoms with Gasteiger partial charge in [-0.2, -0.15) is 0 Å². The van der Waals surface area contributed by atoms with Gasteiger partial charge in [0.05, 0.1) is 11.1 Å². The van der Waals surface area contributed by atoms with E-state index in [0.29, 0.717) is 81.5 Å². The third kappa shape index (κ3) is 3.76. The third-order valence-electron chi connectivity index (χ3n) is 7.74. The second-order valence-corrected chi connectivity index (χ2v) is 11.6. The van der Waals surface area contributed by atoms with E-state index in [2.05, 4.69) is 31.9 Å². The fourth-order valence-electron chi connectivity index (χ4n) is 5.78. The van der Waals surface area contributed by atoms with E-state index in [1.165, 1.54) is 9.80 Å². The summed E-state index contributed by atoms with van der Waals surface area (Å²) in [5.41, 5.74) is 1.29. The van der Waals surface area contributed by atoms with Crippen LogP contribution in [0.2, 0.25) is 0 Å². The SMILES string of the molecule is O=C1c2cc(Br)c3c4c(cc(Br)c(c24)C(=O)N1CC1CCOCC1)C(=O)N(CC1CCOCC1)C3=O. The molecule has 2 fully saturated rings. The van der Waals surface area contributed by atoms with Gasteiger partial charge in [0.15, 0.2) is 0 Å². The molecule has 10 heteroatoms. The molecule has 188 valence electrons. The Hall–Kier alpha value is -2.14. The van der Waals surface area contributed by atoms with E-state index in [4.69, 9.17) is 9.47 Å². The molecule has 0 atom stereocenters. The van der Waals surface area contributed by atoms with E-state index in [1.54, 1.807) is 12.1 Å². The first kappa shape index (κ1) is 24.2. The van der Waals surface area contributed by atoms with Gasteiger partial charge in [0.25, 0.3) is 23.6 Å². The average molecular weight is 620 g/mol. The molecule has 2 aromatic carbocycles. The van der Waals surface area contributed by atoms with Crippen LogP contribution in [0.4, 0.5) is 0 Å². The lowest BCUT2D eigenvalue weighted by atomic mass is 9.85. The highest BCUT2D eigenvalue weighted by atomic mass is 79.9. The first-order valence-corrected chi connectivity index (χ1v) is 13.8. The van der Waals surface area contributed by atoms with Crippen LogP contribution in [-0.4, -0.2) is 72.9 Å². The largest absolute Gasteiger partial charge is 0.381 e. The second-order valence-electron chi connectivity index (χ2n) is 9.87. The van der Waals surface area contributed by atoms with Gasteiger partial charge in [0, 0.05) is 70.4 Å². The van der Waals surface area contributed by atoms with Crippen molar-refractivity contribution >= 4 is 66.3 Å². The molecule has 4 aliphatic heterocycles. The molecule has 36 heavy (non-hydrogen) atoms. The summed E-state index contributed by atoms with van der Waals surface area (Å²) in [7, 11) is 0. The van der Waals surface area contributed by atoms with Gasteiger partial charge < -0.3 is 9.47 Å². The molecule has 0 radical (unpaired) electrons. The lowest BCUT2D eigenvalue weighted by Crippen LogP contribution is -2.46. The molecule has 0 unspecified atom stereocenters. The maximum absolute atomic E-state index is 13.7. The zero-order chi connectivity index (χ0) is 25.1. The van der Waals surface area contributed by atoms with Crippen LogP contribution in [0.5, 0.6) is 0 Å². The molecule has 0 spiro atoms. The zero-order valence-corrected chi connectivity index (χ0v) is 22.7. The number of carbonyl (C=O) groups is 4. The van der Waals surface area contributed by atoms with Crippen LogP contribution in [0.15, 0.2) is 21.1 Å². The van der Waals surface area contributed by atoms with Crippen LogP contribution in [-0.2, 0) is 9.47 Å². The third-order valence-corrected chi connectivity index (χ3v) is 8.99. The van der Waals surface area contributed by atoms with Crippen LogP contribution in [0.1, 0.15) is 67.1 Å². The van der Waals surface area contributed by atoms with Crippen molar-refractivity contribution in [3.63, 3.8) is 0 Å². The number of carbonyl (C=O) groups excluding carboxylic acids is 4. The number of nitrogens with zero attached hydrogens (tertiary/aromatic N) is 2. The van der Waals surface area contributed by atoms with Crippen LogP contribution in [0, 0.1) is 11.8 Å². The molecule has 0 N–H and O–H groups in total. The van der Waals surface area contributed by atoms with E-state index in [-0.39, 0.29) is 11.8 Å². The Bertz CT molecular complexity index is 1230. The number of imide groups is 2. The van der Waals surface area contributed by atoms with Gasteiger partial charge in [-0.15, -0.1) is 0 Å². The van der Waals surface area contributed by atoms with E-state index >= 15 is 0 Å². The lowest BCUT2D eigenvalue weighted by molar-refractivity contribution is 0.0397. The number of ether oxygens (including phenoxy) is 2. The highest BCUT2D eigenvalue weighted by Crippen LogP contribution is 2.44. The minimum Gasteiger partial charge on any atom is -0.381 e. The quantitative estimate of drug-likeness (QED) is 0.471. The molecule has 8 nitrogen and oxygen atoms in total. The topological polar surface area (TPSA) is 93.2 Å². The van der Waals surface area contributed by atoms with Crippen molar-refractivity contribution in [2.45, 2.75) is 25.7 Å². The molecular weight excluding hydrogens is 596 g/mol. The molecule has 2 aromatic rings. The highest BCUT2D eigenvalue weighted by Gasteiger charge is 2.43. The molecule has 4 heterocycles. The smallest absolute Gasteiger partial charge is 0.262 e. The number of hydrogen-bond acceptors (Lipinski definition) is 6. The van der Waals surface area contributed by atoms with Gasteiger partial charge in [-0.05, 0) is 81.5 Å². The second kappa shape index (κ2) is 9.31. The van der Waals surface area contributed by atoms with Crippen molar-refractivity contribution in [2.75, 3.05) is 39.5 Å². The summed E-state index contributed by atoms with van der Waals surface area (Å²) in [5, 5.41) is 0.756. The number of halogens is 2. The predicted octanol–water partition coefficient (Wildman–Crippen LogP) is 4.41. The normalized spacial score (nSPS) is 21.2. The monoisotopic (exact) mass is 618 g/mol. The van der Waals surface area contributed by atoms with Crippen LogP contribution in [0.25, 0.3) is 10.8 Å². The van der Waals surface area contributed by atoms with Gasteiger partial charge in [0.1, 0.15) is 0 Å². The number of benzene rings is 2. The zero-order valence-electron chi connectivity index (χ0n) is 19.5. The van der Waals surface area contributed by atoms with Crippen LogP contribution < -0.4 is 0 Å². The van der Waals surface area contributed by atoms with Gasteiger partial charge in [-0.1, -0.05) is 0 Å². The molecule has 4 amide bonds. The maximum atomic E-state index is 13.7. The highest BCUT2D eigenvalue weighted by molar-refractivity contribution is 9.10. The van der Waals surface area contributed by atoms with E-state index in [1.807, 2.05) is 0 Å². The summed E-state index contributed by atoms with van der Waals surface area (Å²) >= 11 is 7.03. The Morgan fingerprint density at radius 3 is 1.36 bits per heavy atom. The summed E-state index contributed by atoms with van der Waals surface area (Å²) in [6, 6.07) is 3.26. The van der Waals surface area contributed by atoms with Gasteiger partial charge in [0.2, 0.25) is 0 Å². The molecule has 0 bridgehead atoms. The standard InChI is InChI=1S/C26H24Br2N2O6/c27-17-10-16-20-19-15(23(31)29(25(33)21(17)19)11-13-1-5-35-6-2-13)9-18(28)22(20)26(34)30(24(16)32)12-14-3-7-36-8-4-14/h9-10,13-14H,1-8,11-12H2. The predicted molar refractivity (Wildman–Crippen MR) is 137 cm³/mol. The minimum atomic E-state index is -0.407.